The Bertz CT molecular complexity index is 1220. The van der Waals surface area contributed by atoms with Crippen molar-refractivity contribution in [2.45, 2.75) is 56.7 Å². The Kier molecular flexibility index (Phi) is 8.66. The average Bonchev–Trinajstić information content (AvgIpc) is 2.88. The molecule has 0 bridgehead atoms. The second kappa shape index (κ2) is 11.9. The zero-order chi connectivity index (χ0) is 26.5. The van der Waals surface area contributed by atoms with E-state index in [1.54, 1.807) is 12.3 Å². The number of nitrogen functional groups attached to an aromatic ring is 1. The number of rotatable bonds is 9. The predicted molar refractivity (Wildman–Crippen MR) is 153 cm³/mol. The summed E-state index contributed by atoms with van der Waals surface area (Å²) in [5, 5.41) is 3.80. The third-order valence-corrected chi connectivity index (χ3v) is 7.83. The summed E-state index contributed by atoms with van der Waals surface area (Å²) >= 11 is 1.90. The number of anilines is 4. The molecule has 0 amide bonds. The number of hydrogen-bond acceptors (Lipinski definition) is 8. The van der Waals surface area contributed by atoms with Gasteiger partial charge in [0.15, 0.2) is 0 Å². The van der Waals surface area contributed by atoms with E-state index in [4.69, 9.17) is 5.73 Å². The number of likely N-dealkylation sites (tertiary alicyclic amines) is 1. The van der Waals surface area contributed by atoms with Crippen LogP contribution in [0.15, 0.2) is 59.9 Å². The summed E-state index contributed by atoms with van der Waals surface area (Å²) in [6, 6.07) is 9.07. The van der Waals surface area contributed by atoms with Crippen molar-refractivity contribution in [1.82, 2.24) is 19.9 Å². The summed E-state index contributed by atoms with van der Waals surface area (Å²) in [6.45, 7) is 15.6. The minimum atomic E-state index is -0.498. The molecule has 3 N–H and O–H groups in total. The highest BCUT2D eigenvalue weighted by molar-refractivity contribution is 8.00. The molecule has 2 aromatic heterocycles. The fourth-order valence-electron chi connectivity index (χ4n) is 4.63. The van der Waals surface area contributed by atoms with Crippen LogP contribution in [0.2, 0.25) is 0 Å². The van der Waals surface area contributed by atoms with E-state index in [9.17, 15) is 4.39 Å². The highest BCUT2D eigenvalue weighted by Gasteiger charge is 2.20. The minimum absolute atomic E-state index is 0.0634. The molecule has 0 unspecified atom stereocenters. The zero-order valence-electron chi connectivity index (χ0n) is 22.0. The molecule has 3 aromatic rings. The molecule has 7 nitrogen and oxygen atoms in total. The Morgan fingerprint density at radius 1 is 1.24 bits per heavy atom. The molecule has 0 radical (unpaired) electrons. The van der Waals surface area contributed by atoms with Gasteiger partial charge in [-0.05, 0) is 83.6 Å². The standard InChI is InChI=1S/C28H36FN7S/c1-6-35-13-10-21(11-14-35)37-22-7-8-26(32-17-22)34-28-31-12-9-24(33-28)20-15-23(29)27(30)25(16-20)36(18(2)3)19(4)5/h7-9,12,15-17,19,21H,2,6,10-11,13-14,30H2,1,3-5H3,(H,31,32,33,34). The molecule has 9 heteroatoms. The first-order valence-electron chi connectivity index (χ1n) is 12.7. The van der Waals surface area contributed by atoms with Gasteiger partial charge in [0.05, 0.1) is 17.1 Å². The van der Waals surface area contributed by atoms with Crippen molar-refractivity contribution in [3.63, 3.8) is 0 Å². The predicted octanol–water partition coefficient (Wildman–Crippen LogP) is 6.33. The number of nitrogens with two attached hydrogens (primary N) is 1. The molecule has 196 valence electrons. The Hall–Kier alpha value is -3.17. The van der Waals surface area contributed by atoms with Crippen LogP contribution in [-0.2, 0) is 0 Å². The topological polar surface area (TPSA) is 83.2 Å². The summed E-state index contributed by atoms with van der Waals surface area (Å²) < 4.78 is 14.8. The number of nitrogens with one attached hydrogen (secondary N) is 1. The number of hydrogen-bond donors (Lipinski definition) is 2. The maximum absolute atomic E-state index is 14.8. The van der Waals surface area contributed by atoms with Gasteiger partial charge >= 0.3 is 0 Å². The van der Waals surface area contributed by atoms with Crippen molar-refractivity contribution in [2.24, 2.45) is 0 Å². The van der Waals surface area contributed by atoms with Crippen molar-refractivity contribution in [1.29, 1.82) is 0 Å². The summed E-state index contributed by atoms with van der Waals surface area (Å²) in [6.07, 6.45) is 5.94. The Labute approximate surface area is 223 Å². The third-order valence-electron chi connectivity index (χ3n) is 6.51. The summed E-state index contributed by atoms with van der Waals surface area (Å²) in [5.41, 5.74) is 8.73. The number of pyridine rings is 1. The second-order valence-corrected chi connectivity index (χ2v) is 11.0. The summed E-state index contributed by atoms with van der Waals surface area (Å²) in [4.78, 5) is 19.1. The first-order chi connectivity index (χ1) is 17.7. The maximum Gasteiger partial charge on any atom is 0.228 e. The van der Waals surface area contributed by atoms with Crippen LogP contribution in [0.5, 0.6) is 0 Å². The number of allylic oxidation sites excluding steroid dienone is 1. The molecule has 1 fully saturated rings. The maximum atomic E-state index is 14.8. The number of halogens is 1. The molecular weight excluding hydrogens is 485 g/mol. The van der Waals surface area contributed by atoms with E-state index >= 15 is 0 Å². The lowest BCUT2D eigenvalue weighted by Gasteiger charge is -2.30. The van der Waals surface area contributed by atoms with Crippen LogP contribution in [0.3, 0.4) is 0 Å². The van der Waals surface area contributed by atoms with Gasteiger partial charge in [-0.25, -0.2) is 19.3 Å². The van der Waals surface area contributed by atoms with E-state index in [-0.39, 0.29) is 11.7 Å². The van der Waals surface area contributed by atoms with Gasteiger partial charge < -0.3 is 20.9 Å². The van der Waals surface area contributed by atoms with Gasteiger partial charge in [0.2, 0.25) is 5.95 Å². The van der Waals surface area contributed by atoms with E-state index < -0.39 is 5.82 Å². The van der Waals surface area contributed by atoms with Crippen LogP contribution in [0.4, 0.5) is 27.5 Å². The van der Waals surface area contributed by atoms with E-state index in [1.165, 1.54) is 18.9 Å². The number of aromatic nitrogens is 3. The van der Waals surface area contributed by atoms with Gasteiger partial charge in [-0.2, -0.15) is 0 Å². The third kappa shape index (κ3) is 6.59. The van der Waals surface area contributed by atoms with Gasteiger partial charge in [0.25, 0.3) is 0 Å². The first-order valence-corrected chi connectivity index (χ1v) is 13.6. The first kappa shape index (κ1) is 26.9. The summed E-state index contributed by atoms with van der Waals surface area (Å²) in [7, 11) is 0. The van der Waals surface area contributed by atoms with Gasteiger partial charge in [0.1, 0.15) is 11.6 Å². The summed E-state index contributed by atoms with van der Waals surface area (Å²) in [5.74, 6) is 0.541. The Balaban J connectivity index is 1.49. The van der Waals surface area contributed by atoms with Gasteiger partial charge in [0, 0.05) is 39.8 Å². The Morgan fingerprint density at radius 2 is 2.00 bits per heavy atom. The molecule has 1 aliphatic heterocycles. The number of thioether (sulfide) groups is 1. The molecule has 3 heterocycles. The quantitative estimate of drug-likeness (QED) is 0.316. The van der Waals surface area contributed by atoms with Crippen molar-refractivity contribution in [2.75, 3.05) is 35.6 Å². The SMILES string of the molecule is C=C(C)N(c1cc(-c2ccnc(Nc3ccc(SC4CCN(CC)CC4)cn3)n2)cc(F)c1N)C(C)C. The molecule has 0 aliphatic carbocycles. The van der Waals surface area contributed by atoms with Crippen LogP contribution >= 0.6 is 11.8 Å². The largest absolute Gasteiger partial charge is 0.395 e. The Morgan fingerprint density at radius 3 is 2.62 bits per heavy atom. The van der Waals surface area contributed by atoms with Gasteiger partial charge in [-0.15, -0.1) is 11.8 Å². The molecule has 1 saturated heterocycles. The average molecular weight is 522 g/mol. The van der Waals surface area contributed by atoms with Gasteiger partial charge in [-0.1, -0.05) is 13.5 Å². The molecular formula is C28H36FN7S. The normalized spacial score (nSPS) is 14.6. The van der Waals surface area contributed by atoms with Crippen molar-refractivity contribution >= 4 is 34.9 Å². The fourth-order valence-corrected chi connectivity index (χ4v) is 5.72. The van der Waals surface area contributed by atoms with Gasteiger partial charge in [-0.3, -0.25) is 0 Å². The van der Waals surface area contributed by atoms with Crippen molar-refractivity contribution in [3.05, 3.63) is 60.8 Å². The lowest BCUT2D eigenvalue weighted by molar-refractivity contribution is 0.244. The minimum Gasteiger partial charge on any atom is -0.395 e. The number of nitrogens with zero attached hydrogens (tertiary/aromatic N) is 5. The zero-order valence-corrected chi connectivity index (χ0v) is 22.9. The van der Waals surface area contributed by atoms with E-state index in [0.29, 0.717) is 34.0 Å². The lowest BCUT2D eigenvalue weighted by Crippen LogP contribution is -2.34. The smallest absolute Gasteiger partial charge is 0.228 e. The van der Waals surface area contributed by atoms with Crippen LogP contribution in [-0.4, -0.2) is 50.8 Å². The van der Waals surface area contributed by atoms with Crippen LogP contribution in [0, 0.1) is 5.82 Å². The van der Waals surface area contributed by atoms with E-state index in [1.807, 2.05) is 55.8 Å². The number of benzene rings is 1. The van der Waals surface area contributed by atoms with Crippen LogP contribution in [0.1, 0.15) is 40.5 Å². The van der Waals surface area contributed by atoms with Crippen molar-refractivity contribution in [3.8, 4) is 11.3 Å². The van der Waals surface area contributed by atoms with Crippen LogP contribution < -0.4 is 16.0 Å². The fraction of sp³-hybridized carbons (Fsp3) is 0.393. The lowest BCUT2D eigenvalue weighted by atomic mass is 10.1. The molecule has 4 rings (SSSR count). The highest BCUT2D eigenvalue weighted by atomic mass is 32.2. The molecule has 1 aliphatic rings. The molecule has 0 spiro atoms. The molecule has 0 saturated carbocycles. The number of piperidine rings is 1. The molecule has 0 atom stereocenters. The highest BCUT2D eigenvalue weighted by Crippen LogP contribution is 2.35. The second-order valence-electron chi connectivity index (χ2n) is 9.61. The molecule has 37 heavy (non-hydrogen) atoms. The van der Waals surface area contributed by atoms with Crippen molar-refractivity contribution < 1.29 is 4.39 Å². The van der Waals surface area contributed by atoms with E-state index in [0.717, 1.165) is 30.2 Å². The van der Waals surface area contributed by atoms with Crippen LogP contribution in [0.25, 0.3) is 11.3 Å². The van der Waals surface area contributed by atoms with E-state index in [2.05, 4.69) is 44.7 Å². The molecule has 1 aromatic carbocycles. The monoisotopic (exact) mass is 521 g/mol.